The maximum absolute atomic E-state index is 6.45. The molecule has 0 N–H and O–H groups in total. The van der Waals surface area contributed by atoms with Crippen LogP contribution in [-0.4, -0.2) is 102 Å². The molecule has 2 aliphatic heterocycles. The van der Waals surface area contributed by atoms with Gasteiger partial charge < -0.3 is 35.4 Å². The van der Waals surface area contributed by atoms with Crippen LogP contribution in [0.5, 0.6) is 0 Å². The summed E-state index contributed by atoms with van der Waals surface area (Å²) >= 11 is 0. The van der Waals surface area contributed by atoms with Crippen LogP contribution in [0.25, 0.3) is 0 Å². The van der Waals surface area contributed by atoms with Crippen LogP contribution in [0.2, 0.25) is 104 Å². The van der Waals surface area contributed by atoms with E-state index in [0.717, 1.165) is 64.6 Å². The smallest absolute Gasteiger partial charge is 0.314 e. The van der Waals surface area contributed by atoms with Gasteiger partial charge in [0.2, 0.25) is 0 Å². The van der Waals surface area contributed by atoms with Crippen molar-refractivity contribution in [3.8, 4) is 0 Å². The quantitative estimate of drug-likeness (QED) is 0.0768. The van der Waals surface area contributed by atoms with Gasteiger partial charge in [0.05, 0.1) is 26.4 Å². The molecule has 2 atom stereocenters. The zero-order valence-corrected chi connectivity index (χ0v) is 34.5. The lowest BCUT2D eigenvalue weighted by molar-refractivity contribution is 0.116. The van der Waals surface area contributed by atoms with Gasteiger partial charge in [0.25, 0.3) is 0 Å². The molecule has 0 aromatic heterocycles. The molecule has 0 radical (unpaired) electrons. The molecule has 2 fully saturated rings. The standard InChI is InChI=1S/2C13H32O4Si3/c2*1-18(2,3)16-20(7,17-19(4,5)6)10-8-9-14-11-13-12-15-13/h2*13H,8-12H2,1-7H3. The Balaban J connectivity index is 0.000000400. The molecule has 0 bridgehead atoms. The molecule has 40 heavy (non-hydrogen) atoms. The third-order valence-corrected chi connectivity index (χ3v) is 24.6. The topological polar surface area (TPSA) is 80.4 Å². The number of rotatable bonds is 20. The van der Waals surface area contributed by atoms with Crippen molar-refractivity contribution >= 4 is 50.4 Å². The normalized spacial score (nSPS) is 20.2. The molecule has 2 unspecified atom stereocenters. The molecule has 0 aromatic rings. The van der Waals surface area contributed by atoms with Gasteiger partial charge in [0.15, 0.2) is 33.3 Å². The molecular weight excluding hydrogens is 609 g/mol. The molecule has 0 amide bonds. The van der Waals surface area contributed by atoms with E-state index < -0.39 is 50.4 Å². The molecule has 0 aromatic carbocycles. The predicted octanol–water partition coefficient (Wildman–Crippen LogP) is 7.13. The Morgan fingerprint density at radius 1 is 0.475 bits per heavy atom. The molecule has 8 nitrogen and oxygen atoms in total. The molecule has 0 aliphatic carbocycles. The Kier molecular flexibility index (Phi) is 15.9. The summed E-state index contributed by atoms with van der Waals surface area (Å²) in [5.41, 5.74) is 0. The fraction of sp³-hybridized carbons (Fsp3) is 1.00. The zero-order chi connectivity index (χ0) is 30.9. The zero-order valence-electron chi connectivity index (χ0n) is 28.5. The van der Waals surface area contributed by atoms with Gasteiger partial charge in [-0.15, -0.1) is 0 Å². The summed E-state index contributed by atoms with van der Waals surface area (Å²) in [6.07, 6.45) is 2.75. The lowest BCUT2D eigenvalue weighted by Gasteiger charge is -2.38. The maximum Gasteiger partial charge on any atom is 0.314 e. The Morgan fingerprint density at radius 3 is 0.925 bits per heavy atom. The number of epoxide rings is 2. The fourth-order valence-electron chi connectivity index (χ4n) is 4.59. The number of hydrogen-bond donors (Lipinski definition) is 0. The van der Waals surface area contributed by atoms with Gasteiger partial charge in [0.1, 0.15) is 12.2 Å². The second kappa shape index (κ2) is 16.3. The fourth-order valence-corrected chi connectivity index (χ4v) is 29.6. The van der Waals surface area contributed by atoms with E-state index >= 15 is 0 Å². The lowest BCUT2D eigenvalue weighted by Crippen LogP contribution is -2.52. The third-order valence-electron chi connectivity index (χ3n) is 5.34. The van der Waals surface area contributed by atoms with Crippen molar-refractivity contribution < 1.29 is 35.4 Å². The molecule has 0 saturated carbocycles. The highest BCUT2D eigenvalue weighted by Crippen LogP contribution is 2.27. The lowest BCUT2D eigenvalue weighted by atomic mass is 10.5. The Morgan fingerprint density at radius 2 is 0.725 bits per heavy atom. The minimum atomic E-state index is -2.07. The molecule has 2 aliphatic rings. The minimum absolute atomic E-state index is 0.357. The average Bonchev–Trinajstić information content (AvgIpc) is 3.57. The highest BCUT2D eigenvalue weighted by Gasteiger charge is 2.41. The summed E-state index contributed by atoms with van der Waals surface area (Å²) in [7, 11) is -10.4. The Hall–Kier alpha value is 0.981. The molecule has 240 valence electrons. The molecule has 2 rings (SSSR count). The summed E-state index contributed by atoms with van der Waals surface area (Å²) < 4.78 is 47.3. The van der Waals surface area contributed by atoms with Crippen LogP contribution in [-0.2, 0) is 35.4 Å². The van der Waals surface area contributed by atoms with Crippen LogP contribution in [0.1, 0.15) is 12.8 Å². The third kappa shape index (κ3) is 23.4. The van der Waals surface area contributed by atoms with Crippen LogP contribution < -0.4 is 0 Å². The Bertz CT molecular complexity index is 618. The monoisotopic (exact) mass is 672 g/mol. The Labute approximate surface area is 253 Å². The van der Waals surface area contributed by atoms with Gasteiger partial charge in [-0.1, -0.05) is 0 Å². The molecular formula is C26H64O8Si6. The van der Waals surface area contributed by atoms with E-state index in [-0.39, 0.29) is 0 Å². The molecule has 2 saturated heterocycles. The van der Waals surface area contributed by atoms with E-state index in [9.17, 15) is 0 Å². The van der Waals surface area contributed by atoms with Gasteiger partial charge in [-0.3, -0.25) is 0 Å². The van der Waals surface area contributed by atoms with Gasteiger partial charge >= 0.3 is 17.1 Å². The summed E-state index contributed by atoms with van der Waals surface area (Å²) in [5, 5.41) is 0. The molecule has 0 spiro atoms. The highest BCUT2D eigenvalue weighted by atomic mass is 28.5. The van der Waals surface area contributed by atoms with E-state index in [4.69, 9.17) is 35.4 Å². The second-order valence-corrected chi connectivity index (χ2v) is 41.1. The number of ether oxygens (including phenoxy) is 4. The van der Waals surface area contributed by atoms with Crippen molar-refractivity contribution in [1.82, 2.24) is 0 Å². The first kappa shape index (κ1) is 39.0. The van der Waals surface area contributed by atoms with Crippen LogP contribution in [0.3, 0.4) is 0 Å². The SMILES string of the molecule is C[Si](C)(C)O[Si](C)(CCCOCC1CO1)O[Si](C)(C)C.C[Si](C)(C)O[Si](C)(CCCOCC1CO1)O[Si](C)(C)C. The largest absolute Gasteiger partial charge is 0.437 e. The van der Waals surface area contributed by atoms with Crippen LogP contribution in [0, 0.1) is 0 Å². The first-order chi connectivity index (χ1) is 18.0. The van der Waals surface area contributed by atoms with Crippen molar-refractivity contribution in [2.75, 3.05) is 39.6 Å². The van der Waals surface area contributed by atoms with Crippen molar-refractivity contribution in [3.05, 3.63) is 0 Å². The molecule has 14 heteroatoms. The first-order valence-corrected chi connectivity index (χ1v) is 33.9. The molecule has 2 heterocycles. The van der Waals surface area contributed by atoms with Gasteiger partial charge in [-0.2, -0.15) is 0 Å². The van der Waals surface area contributed by atoms with E-state index in [0.29, 0.717) is 12.2 Å². The average molecular weight is 673 g/mol. The summed E-state index contributed by atoms with van der Waals surface area (Å²) in [6.45, 7) is 36.1. The summed E-state index contributed by atoms with van der Waals surface area (Å²) in [4.78, 5) is 0. The number of hydrogen-bond acceptors (Lipinski definition) is 8. The van der Waals surface area contributed by atoms with Gasteiger partial charge in [-0.05, 0) is 117 Å². The summed E-state index contributed by atoms with van der Waals surface area (Å²) in [6, 6.07) is 2.04. The minimum Gasteiger partial charge on any atom is -0.437 e. The van der Waals surface area contributed by atoms with Crippen LogP contribution in [0.4, 0.5) is 0 Å². The van der Waals surface area contributed by atoms with Gasteiger partial charge in [-0.25, -0.2) is 0 Å². The van der Waals surface area contributed by atoms with E-state index in [1.807, 2.05) is 0 Å². The highest BCUT2D eigenvalue weighted by molar-refractivity contribution is 6.88. The van der Waals surface area contributed by atoms with Crippen molar-refractivity contribution in [3.63, 3.8) is 0 Å². The first-order valence-electron chi connectivity index (χ1n) is 15.2. The van der Waals surface area contributed by atoms with Crippen molar-refractivity contribution in [2.45, 2.75) is 129 Å². The van der Waals surface area contributed by atoms with E-state index in [1.54, 1.807) is 0 Å². The van der Waals surface area contributed by atoms with Crippen LogP contribution in [0.15, 0.2) is 0 Å². The predicted molar refractivity (Wildman–Crippen MR) is 181 cm³/mol. The van der Waals surface area contributed by atoms with Crippen molar-refractivity contribution in [1.29, 1.82) is 0 Å². The van der Waals surface area contributed by atoms with E-state index in [1.165, 1.54) is 0 Å². The second-order valence-electron chi connectivity index (χ2n) is 15.4. The maximum atomic E-state index is 6.45. The van der Waals surface area contributed by atoms with Crippen molar-refractivity contribution in [2.24, 2.45) is 0 Å². The van der Waals surface area contributed by atoms with Crippen LogP contribution >= 0.6 is 0 Å². The van der Waals surface area contributed by atoms with Gasteiger partial charge in [0, 0.05) is 13.2 Å². The van der Waals surface area contributed by atoms with E-state index in [2.05, 4.69) is 91.7 Å². The summed E-state index contributed by atoms with van der Waals surface area (Å²) in [5.74, 6) is 0.